The number of fused-ring (bicyclic) bond motifs is 1. The Kier molecular flexibility index (Phi) is 2.62. The highest BCUT2D eigenvalue weighted by molar-refractivity contribution is 9.10. The quantitative estimate of drug-likeness (QED) is 0.690. The second kappa shape index (κ2) is 3.59. The predicted octanol–water partition coefficient (Wildman–Crippen LogP) is 4.52. The molecule has 0 bridgehead atoms. The van der Waals surface area contributed by atoms with E-state index in [1.165, 1.54) is 11.3 Å². The van der Waals surface area contributed by atoms with Crippen LogP contribution in [0.2, 0.25) is 0 Å². The third-order valence-corrected chi connectivity index (χ3v) is 4.00. The summed E-state index contributed by atoms with van der Waals surface area (Å²) >= 11 is 6.28. The Hall–Kier alpha value is -0.0600. The molecule has 2 aromatic rings. The summed E-state index contributed by atoms with van der Waals surface area (Å²) in [5, 5.41) is 0.828. The monoisotopic (exact) mass is 276 g/mol. The minimum atomic E-state index is -0.131. The lowest BCUT2D eigenvalue weighted by molar-refractivity contribution is 0.658. The lowest BCUT2D eigenvalue weighted by atomic mass is 10.3. The van der Waals surface area contributed by atoms with Crippen molar-refractivity contribution in [1.82, 2.24) is 0 Å². The van der Waals surface area contributed by atoms with Crippen molar-refractivity contribution in [1.29, 1.82) is 0 Å². The van der Waals surface area contributed by atoms with E-state index in [1.807, 2.05) is 18.4 Å². The lowest BCUT2D eigenvalue weighted by Crippen LogP contribution is -1.71. The van der Waals surface area contributed by atoms with Crippen molar-refractivity contribution >= 4 is 49.1 Å². The Labute approximate surface area is 92.3 Å². The fraction of sp³-hybridized carbons (Fsp3) is 0.111. The van der Waals surface area contributed by atoms with Crippen LogP contribution in [0.1, 0.15) is 0 Å². The highest BCUT2D eigenvalue weighted by atomic mass is 79.9. The molecule has 0 unspecified atom stereocenters. The van der Waals surface area contributed by atoms with Crippen LogP contribution >= 0.6 is 39.0 Å². The zero-order valence-corrected chi connectivity index (χ0v) is 10.0. The molecular weight excluding hydrogens is 271 g/mol. The van der Waals surface area contributed by atoms with Gasteiger partial charge in [-0.15, -0.1) is 23.1 Å². The zero-order valence-electron chi connectivity index (χ0n) is 6.80. The molecule has 68 valence electrons. The summed E-state index contributed by atoms with van der Waals surface area (Å²) in [6.45, 7) is 0. The first-order valence-electron chi connectivity index (χ1n) is 3.63. The van der Waals surface area contributed by atoms with Gasteiger partial charge in [-0.25, -0.2) is 0 Å². The van der Waals surface area contributed by atoms with Crippen molar-refractivity contribution in [2.24, 2.45) is 0 Å². The Bertz CT molecular complexity index is 450. The first-order chi connectivity index (χ1) is 6.20. The van der Waals surface area contributed by atoms with Gasteiger partial charge in [-0.3, -0.25) is 0 Å². The van der Waals surface area contributed by atoms with Crippen molar-refractivity contribution in [3.05, 3.63) is 27.8 Å². The Morgan fingerprint density at radius 1 is 1.38 bits per heavy atom. The second-order valence-corrected chi connectivity index (χ2v) is 5.34. The van der Waals surface area contributed by atoms with E-state index in [4.69, 9.17) is 0 Å². The minimum absolute atomic E-state index is 0.131. The summed E-state index contributed by atoms with van der Waals surface area (Å²) in [5.41, 5.74) is 0. The van der Waals surface area contributed by atoms with Crippen LogP contribution < -0.4 is 0 Å². The third-order valence-electron chi connectivity index (χ3n) is 1.77. The lowest BCUT2D eigenvalue weighted by Gasteiger charge is -1.98. The molecule has 0 fully saturated rings. The van der Waals surface area contributed by atoms with Crippen molar-refractivity contribution in [2.45, 2.75) is 4.90 Å². The first-order valence-corrected chi connectivity index (χ1v) is 6.46. The summed E-state index contributed by atoms with van der Waals surface area (Å²) in [4.78, 5) is 1.15. The molecule has 1 aromatic heterocycles. The van der Waals surface area contributed by atoms with Crippen molar-refractivity contribution in [3.63, 3.8) is 0 Å². The maximum atomic E-state index is 12.9. The molecule has 4 heteroatoms. The largest absolute Gasteiger partial charge is 0.195 e. The Morgan fingerprint density at radius 3 is 2.85 bits per heavy atom. The van der Waals surface area contributed by atoms with Gasteiger partial charge in [0.2, 0.25) is 0 Å². The molecular formula is C9H6BrFS2. The minimum Gasteiger partial charge on any atom is -0.195 e. The van der Waals surface area contributed by atoms with Gasteiger partial charge in [0.15, 0.2) is 5.13 Å². The number of thioether (sulfide) groups is 1. The van der Waals surface area contributed by atoms with E-state index in [0.717, 1.165) is 19.5 Å². The zero-order chi connectivity index (χ0) is 9.42. The fourth-order valence-corrected chi connectivity index (χ4v) is 3.41. The molecule has 0 aliphatic carbocycles. The Morgan fingerprint density at radius 2 is 2.15 bits per heavy atom. The molecule has 0 nitrogen and oxygen atoms in total. The number of thiophene rings is 1. The maximum absolute atomic E-state index is 12.9. The summed E-state index contributed by atoms with van der Waals surface area (Å²) in [6, 6.07) is 5.59. The molecule has 0 amide bonds. The molecule has 0 atom stereocenters. The van der Waals surface area contributed by atoms with E-state index in [1.54, 1.807) is 17.8 Å². The molecule has 0 radical (unpaired) electrons. The number of benzene rings is 1. The van der Waals surface area contributed by atoms with Gasteiger partial charge in [0.25, 0.3) is 0 Å². The maximum Gasteiger partial charge on any atom is 0.177 e. The van der Waals surface area contributed by atoms with Crippen LogP contribution in [-0.4, -0.2) is 6.26 Å². The van der Waals surface area contributed by atoms with Crippen molar-refractivity contribution in [3.8, 4) is 0 Å². The summed E-state index contributed by atoms with van der Waals surface area (Å²) in [5.74, 6) is 0. The number of rotatable bonds is 1. The molecule has 0 saturated carbocycles. The van der Waals surface area contributed by atoms with Gasteiger partial charge in [0.1, 0.15) is 0 Å². The van der Waals surface area contributed by atoms with Crippen LogP contribution in [-0.2, 0) is 0 Å². The second-order valence-electron chi connectivity index (χ2n) is 2.57. The first kappa shape index (κ1) is 9.49. The van der Waals surface area contributed by atoms with Gasteiger partial charge in [-0.2, -0.15) is 4.39 Å². The van der Waals surface area contributed by atoms with Crippen LogP contribution in [0.15, 0.2) is 27.6 Å². The van der Waals surface area contributed by atoms with E-state index >= 15 is 0 Å². The van der Waals surface area contributed by atoms with E-state index in [9.17, 15) is 4.39 Å². The normalized spacial score (nSPS) is 11.0. The molecule has 0 saturated heterocycles. The van der Waals surface area contributed by atoms with Gasteiger partial charge in [-0.1, -0.05) is 15.9 Å². The molecule has 0 spiro atoms. The van der Waals surface area contributed by atoms with E-state index in [0.29, 0.717) is 0 Å². The number of hydrogen-bond acceptors (Lipinski definition) is 2. The summed E-state index contributed by atoms with van der Waals surface area (Å²) < 4.78 is 14.9. The van der Waals surface area contributed by atoms with Crippen LogP contribution in [0.4, 0.5) is 4.39 Å². The molecule has 1 heterocycles. The molecule has 13 heavy (non-hydrogen) atoms. The fourth-order valence-electron chi connectivity index (χ4n) is 1.16. The average Bonchev–Trinajstić information content (AvgIpc) is 2.46. The smallest absolute Gasteiger partial charge is 0.177 e. The Balaban J connectivity index is 2.75. The molecule has 1 aromatic carbocycles. The van der Waals surface area contributed by atoms with E-state index < -0.39 is 0 Å². The van der Waals surface area contributed by atoms with Gasteiger partial charge >= 0.3 is 0 Å². The predicted molar refractivity (Wildman–Crippen MR) is 61.3 cm³/mol. The van der Waals surface area contributed by atoms with Crippen molar-refractivity contribution in [2.75, 3.05) is 6.26 Å². The summed E-state index contributed by atoms with van der Waals surface area (Å²) in [7, 11) is 0. The van der Waals surface area contributed by atoms with Gasteiger partial charge < -0.3 is 0 Å². The SMILES string of the molecule is CSc1cc(Br)c2cc(F)sc2c1. The third kappa shape index (κ3) is 1.75. The molecule has 0 N–H and O–H groups in total. The standard InChI is InChI=1S/C9H6BrFS2/c1-12-5-2-7(10)6-4-9(11)13-8(6)3-5/h2-4H,1H3. The molecule has 2 rings (SSSR count). The van der Waals surface area contributed by atoms with Crippen LogP contribution in [0.5, 0.6) is 0 Å². The highest BCUT2D eigenvalue weighted by Gasteiger charge is 2.06. The molecule has 0 aliphatic heterocycles. The average molecular weight is 277 g/mol. The number of halogens is 2. The van der Waals surface area contributed by atoms with Gasteiger partial charge in [-0.05, 0) is 24.5 Å². The highest BCUT2D eigenvalue weighted by Crippen LogP contribution is 2.34. The van der Waals surface area contributed by atoms with E-state index in [2.05, 4.69) is 15.9 Å². The number of hydrogen-bond donors (Lipinski definition) is 0. The molecule has 0 aliphatic rings. The van der Waals surface area contributed by atoms with Gasteiger partial charge in [0.05, 0.1) is 0 Å². The van der Waals surface area contributed by atoms with E-state index in [-0.39, 0.29) is 5.13 Å². The summed E-state index contributed by atoms with van der Waals surface area (Å²) in [6.07, 6.45) is 2.01. The van der Waals surface area contributed by atoms with Gasteiger partial charge in [0, 0.05) is 19.5 Å². The van der Waals surface area contributed by atoms with Crippen molar-refractivity contribution < 1.29 is 4.39 Å². The topological polar surface area (TPSA) is 0 Å². The van der Waals surface area contributed by atoms with Crippen LogP contribution in [0.3, 0.4) is 0 Å². The van der Waals surface area contributed by atoms with Crippen LogP contribution in [0, 0.1) is 5.13 Å². The van der Waals surface area contributed by atoms with Crippen LogP contribution in [0.25, 0.3) is 10.1 Å².